The van der Waals surface area contributed by atoms with Crippen molar-refractivity contribution >= 4 is 23.5 Å². The van der Waals surface area contributed by atoms with Crippen molar-refractivity contribution in [1.29, 1.82) is 0 Å². The Bertz CT molecular complexity index is 602. The Balaban J connectivity index is 1.88. The molecule has 2 atom stereocenters. The first kappa shape index (κ1) is 16.8. The van der Waals surface area contributed by atoms with Gasteiger partial charge in [0.1, 0.15) is 5.75 Å². The van der Waals surface area contributed by atoms with Crippen molar-refractivity contribution in [2.24, 2.45) is 0 Å². The van der Waals surface area contributed by atoms with E-state index in [-0.39, 0.29) is 12.3 Å². The summed E-state index contributed by atoms with van der Waals surface area (Å²) in [7, 11) is 0. The Labute approximate surface area is 134 Å². The van der Waals surface area contributed by atoms with Gasteiger partial charge in [-0.2, -0.15) is 0 Å². The van der Waals surface area contributed by atoms with E-state index in [2.05, 4.69) is 10.6 Å². The van der Waals surface area contributed by atoms with Crippen LogP contribution in [0.3, 0.4) is 0 Å². The molecule has 0 unspecified atom stereocenters. The molecular formula is C16H20N2O5. The molecule has 7 nitrogen and oxygen atoms in total. The Morgan fingerprint density at radius 2 is 2.13 bits per heavy atom. The van der Waals surface area contributed by atoms with E-state index in [1.807, 2.05) is 6.92 Å². The number of rotatable bonds is 6. The van der Waals surface area contributed by atoms with Gasteiger partial charge >= 0.3 is 5.97 Å². The van der Waals surface area contributed by atoms with Crippen LogP contribution < -0.4 is 15.4 Å². The number of carbonyl (C=O) groups is 3. The van der Waals surface area contributed by atoms with Gasteiger partial charge in [0.05, 0.1) is 12.1 Å². The summed E-state index contributed by atoms with van der Waals surface area (Å²) in [4.78, 5) is 35.5. The lowest BCUT2D eigenvalue weighted by Crippen LogP contribution is -2.41. The lowest BCUT2D eigenvalue weighted by molar-refractivity contribution is -0.157. The zero-order chi connectivity index (χ0) is 16.8. The molecule has 0 radical (unpaired) electrons. The van der Waals surface area contributed by atoms with Gasteiger partial charge in [-0.05, 0) is 25.5 Å². The monoisotopic (exact) mass is 320 g/mol. The first-order valence-corrected chi connectivity index (χ1v) is 7.55. The Morgan fingerprint density at radius 3 is 2.87 bits per heavy atom. The molecule has 0 aromatic heterocycles. The molecule has 1 aromatic carbocycles. The molecule has 1 aliphatic rings. The van der Waals surface area contributed by atoms with Crippen LogP contribution in [-0.2, 0) is 19.1 Å². The van der Waals surface area contributed by atoms with Gasteiger partial charge in [0.2, 0.25) is 0 Å². The molecule has 0 bridgehead atoms. The van der Waals surface area contributed by atoms with Gasteiger partial charge in [-0.3, -0.25) is 14.4 Å². The van der Waals surface area contributed by atoms with Crippen LogP contribution in [0.5, 0.6) is 5.75 Å². The zero-order valence-electron chi connectivity index (χ0n) is 13.1. The van der Waals surface area contributed by atoms with Gasteiger partial charge in [0.15, 0.2) is 12.2 Å². The normalized spacial score (nSPS) is 17.3. The molecule has 23 heavy (non-hydrogen) atoms. The van der Waals surface area contributed by atoms with Crippen molar-refractivity contribution in [1.82, 2.24) is 5.32 Å². The van der Waals surface area contributed by atoms with Crippen molar-refractivity contribution in [2.45, 2.75) is 38.9 Å². The van der Waals surface area contributed by atoms with Crippen molar-refractivity contribution in [3.63, 3.8) is 0 Å². The average Bonchev–Trinajstić information content (AvgIpc) is 2.53. The van der Waals surface area contributed by atoms with Gasteiger partial charge in [-0.1, -0.05) is 19.1 Å². The molecule has 0 saturated carbocycles. The van der Waals surface area contributed by atoms with E-state index < -0.39 is 24.1 Å². The van der Waals surface area contributed by atoms with E-state index in [1.54, 1.807) is 24.3 Å². The number of para-hydroxylation sites is 2. The first-order chi connectivity index (χ1) is 11.0. The summed E-state index contributed by atoms with van der Waals surface area (Å²) in [6, 6.07) is 6.95. The van der Waals surface area contributed by atoms with Gasteiger partial charge in [0, 0.05) is 6.54 Å². The molecule has 7 heteroatoms. The zero-order valence-corrected chi connectivity index (χ0v) is 13.1. The highest BCUT2D eigenvalue weighted by Crippen LogP contribution is 2.29. The predicted molar refractivity (Wildman–Crippen MR) is 83.0 cm³/mol. The summed E-state index contributed by atoms with van der Waals surface area (Å²) in [6.07, 6.45) is -1.34. The average molecular weight is 320 g/mol. The number of esters is 1. The highest BCUT2D eigenvalue weighted by molar-refractivity contribution is 5.99. The van der Waals surface area contributed by atoms with Crippen molar-refractivity contribution in [2.75, 3.05) is 11.9 Å². The lowest BCUT2D eigenvalue weighted by Gasteiger charge is -2.25. The minimum Gasteiger partial charge on any atom is -0.478 e. The minimum absolute atomic E-state index is 0.258. The van der Waals surface area contributed by atoms with Gasteiger partial charge in [-0.25, -0.2) is 0 Å². The summed E-state index contributed by atoms with van der Waals surface area (Å²) in [5, 5.41) is 5.30. The van der Waals surface area contributed by atoms with Crippen LogP contribution in [0.25, 0.3) is 0 Å². The highest BCUT2D eigenvalue weighted by Gasteiger charge is 2.31. The maximum absolute atomic E-state index is 11.9. The fourth-order valence-corrected chi connectivity index (χ4v) is 2.07. The number of ether oxygens (including phenoxy) is 2. The topological polar surface area (TPSA) is 93.7 Å². The second-order valence-electron chi connectivity index (χ2n) is 5.22. The summed E-state index contributed by atoms with van der Waals surface area (Å²) < 4.78 is 10.5. The van der Waals surface area contributed by atoms with E-state index >= 15 is 0 Å². The lowest BCUT2D eigenvalue weighted by atomic mass is 10.1. The molecule has 2 rings (SSSR count). The predicted octanol–water partition coefficient (Wildman–Crippen LogP) is 1.23. The second-order valence-corrected chi connectivity index (χ2v) is 5.22. The number of amides is 2. The molecule has 0 spiro atoms. The minimum atomic E-state index is -0.969. The molecule has 0 saturated heterocycles. The fourth-order valence-electron chi connectivity index (χ4n) is 2.07. The third-order valence-electron chi connectivity index (χ3n) is 3.29. The highest BCUT2D eigenvalue weighted by atomic mass is 16.6. The molecule has 0 aliphatic carbocycles. The smallest absolute Gasteiger partial charge is 0.310 e. The first-order valence-electron chi connectivity index (χ1n) is 7.55. The maximum Gasteiger partial charge on any atom is 0.310 e. The van der Waals surface area contributed by atoms with Crippen LogP contribution in [0, 0.1) is 0 Å². The maximum atomic E-state index is 11.9. The van der Waals surface area contributed by atoms with Crippen LogP contribution in [0.4, 0.5) is 5.69 Å². The van der Waals surface area contributed by atoms with Gasteiger partial charge in [0.25, 0.3) is 11.8 Å². The van der Waals surface area contributed by atoms with E-state index in [9.17, 15) is 14.4 Å². The molecular weight excluding hydrogens is 300 g/mol. The Morgan fingerprint density at radius 1 is 1.39 bits per heavy atom. The number of anilines is 1. The van der Waals surface area contributed by atoms with Crippen LogP contribution in [0.1, 0.15) is 26.7 Å². The molecule has 2 amide bonds. The summed E-state index contributed by atoms with van der Waals surface area (Å²) in [5.74, 6) is -0.939. The summed E-state index contributed by atoms with van der Waals surface area (Å²) in [5.41, 5.74) is 0.564. The number of carbonyl (C=O) groups excluding carboxylic acids is 3. The van der Waals surface area contributed by atoms with Crippen LogP contribution >= 0.6 is 0 Å². The van der Waals surface area contributed by atoms with Gasteiger partial charge < -0.3 is 20.1 Å². The van der Waals surface area contributed by atoms with Crippen molar-refractivity contribution < 1.29 is 23.9 Å². The van der Waals surface area contributed by atoms with Crippen molar-refractivity contribution in [3.8, 4) is 5.75 Å². The standard InChI is InChI=1S/C16H20N2O5/c1-3-8-17-15(20)10(2)22-14(19)9-13-16(21)18-11-6-4-5-7-12(11)23-13/h4-7,10,13H,3,8-9H2,1-2H3,(H,17,20)(H,18,21)/t10-,13-/m0/s1. The molecule has 0 fully saturated rings. The number of hydrogen-bond donors (Lipinski definition) is 2. The summed E-state index contributed by atoms with van der Waals surface area (Å²) >= 11 is 0. The molecule has 1 aromatic rings. The number of benzene rings is 1. The van der Waals surface area contributed by atoms with Gasteiger partial charge in [-0.15, -0.1) is 0 Å². The van der Waals surface area contributed by atoms with Crippen molar-refractivity contribution in [3.05, 3.63) is 24.3 Å². The SMILES string of the molecule is CCCNC(=O)[C@H](C)OC(=O)C[C@@H]1Oc2ccccc2NC1=O. The quantitative estimate of drug-likeness (QED) is 0.769. The molecule has 1 aliphatic heterocycles. The van der Waals surface area contributed by atoms with E-state index in [0.29, 0.717) is 18.0 Å². The Hall–Kier alpha value is -2.57. The van der Waals surface area contributed by atoms with Crippen LogP contribution in [0.15, 0.2) is 24.3 Å². The fraction of sp³-hybridized carbons (Fsp3) is 0.438. The molecule has 1 heterocycles. The third kappa shape index (κ3) is 4.45. The second kappa shape index (κ2) is 7.62. The largest absolute Gasteiger partial charge is 0.478 e. The van der Waals surface area contributed by atoms with E-state index in [0.717, 1.165) is 6.42 Å². The summed E-state index contributed by atoms with van der Waals surface area (Å²) in [6.45, 7) is 3.93. The Kier molecular flexibility index (Phi) is 5.56. The molecule has 124 valence electrons. The van der Waals surface area contributed by atoms with Crippen LogP contribution in [0.2, 0.25) is 0 Å². The molecule has 2 N–H and O–H groups in total. The third-order valence-corrected chi connectivity index (χ3v) is 3.29. The number of nitrogens with one attached hydrogen (secondary N) is 2. The van der Waals surface area contributed by atoms with Crippen LogP contribution in [-0.4, -0.2) is 36.5 Å². The number of fused-ring (bicyclic) bond motifs is 1. The number of hydrogen-bond acceptors (Lipinski definition) is 5. The van der Waals surface area contributed by atoms with E-state index in [4.69, 9.17) is 9.47 Å². The van der Waals surface area contributed by atoms with E-state index in [1.165, 1.54) is 6.92 Å².